The van der Waals surface area contributed by atoms with E-state index in [1.54, 1.807) is 11.3 Å². The molecular formula is C13H15NS2. The number of thiazole rings is 1. The molecule has 1 aromatic heterocycles. The Kier molecular flexibility index (Phi) is 3.66. The summed E-state index contributed by atoms with van der Waals surface area (Å²) in [5.41, 5.74) is 5.23. The highest BCUT2D eigenvalue weighted by molar-refractivity contribution is 8.00. The molecule has 0 aliphatic heterocycles. The van der Waals surface area contributed by atoms with Crippen LogP contribution in [-0.4, -0.2) is 4.98 Å². The molecule has 0 aliphatic carbocycles. The maximum absolute atomic E-state index is 4.46. The highest BCUT2D eigenvalue weighted by atomic mass is 32.2. The smallest absolute Gasteiger partial charge is 0.150 e. The molecular weight excluding hydrogens is 234 g/mol. The van der Waals surface area contributed by atoms with Crippen LogP contribution in [0, 0.1) is 20.8 Å². The summed E-state index contributed by atoms with van der Waals surface area (Å²) < 4.78 is 1.17. The maximum Gasteiger partial charge on any atom is 0.150 e. The number of hydrogen-bond acceptors (Lipinski definition) is 3. The van der Waals surface area contributed by atoms with Crippen molar-refractivity contribution in [1.29, 1.82) is 0 Å². The van der Waals surface area contributed by atoms with Gasteiger partial charge in [-0.25, -0.2) is 4.98 Å². The van der Waals surface area contributed by atoms with Crippen molar-refractivity contribution in [2.45, 2.75) is 30.9 Å². The van der Waals surface area contributed by atoms with Crippen molar-refractivity contribution in [2.75, 3.05) is 0 Å². The molecule has 0 bridgehead atoms. The van der Waals surface area contributed by atoms with Gasteiger partial charge in [0, 0.05) is 16.8 Å². The molecule has 0 N–H and O–H groups in total. The summed E-state index contributed by atoms with van der Waals surface area (Å²) in [6.45, 7) is 6.35. The first-order chi connectivity index (χ1) is 7.65. The van der Waals surface area contributed by atoms with Gasteiger partial charge >= 0.3 is 0 Å². The SMILES string of the molecule is Cc1ccc(C)c(CSc2nc(C)cs2)c1. The van der Waals surface area contributed by atoms with Gasteiger partial charge in [0.2, 0.25) is 0 Å². The van der Waals surface area contributed by atoms with E-state index < -0.39 is 0 Å². The number of benzene rings is 1. The quantitative estimate of drug-likeness (QED) is 0.750. The van der Waals surface area contributed by atoms with Gasteiger partial charge in [-0.2, -0.15) is 0 Å². The number of hydrogen-bond donors (Lipinski definition) is 0. The zero-order chi connectivity index (χ0) is 11.5. The van der Waals surface area contributed by atoms with E-state index in [4.69, 9.17) is 0 Å². The van der Waals surface area contributed by atoms with E-state index in [0.29, 0.717) is 0 Å². The van der Waals surface area contributed by atoms with Gasteiger partial charge in [-0.1, -0.05) is 35.5 Å². The standard InChI is InChI=1S/C13H15NS2/c1-9-4-5-10(2)12(6-9)8-16-13-14-11(3)7-15-13/h4-7H,8H2,1-3H3. The Labute approximate surface area is 105 Å². The van der Waals surface area contributed by atoms with E-state index in [1.807, 2.05) is 18.7 Å². The zero-order valence-electron chi connectivity index (χ0n) is 9.78. The summed E-state index contributed by atoms with van der Waals surface area (Å²) in [5.74, 6) is 1.01. The molecule has 0 fully saturated rings. The second kappa shape index (κ2) is 5.02. The van der Waals surface area contributed by atoms with E-state index in [1.165, 1.54) is 21.0 Å². The fourth-order valence-electron chi connectivity index (χ4n) is 1.49. The lowest BCUT2D eigenvalue weighted by Crippen LogP contribution is -1.87. The first-order valence-electron chi connectivity index (χ1n) is 5.26. The zero-order valence-corrected chi connectivity index (χ0v) is 11.4. The summed E-state index contributed by atoms with van der Waals surface area (Å²) >= 11 is 3.56. The van der Waals surface area contributed by atoms with Gasteiger partial charge in [0.1, 0.15) is 4.34 Å². The molecule has 1 nitrogen and oxygen atoms in total. The molecule has 0 spiro atoms. The Morgan fingerprint density at radius 3 is 2.75 bits per heavy atom. The van der Waals surface area contributed by atoms with E-state index in [9.17, 15) is 0 Å². The molecule has 16 heavy (non-hydrogen) atoms. The van der Waals surface area contributed by atoms with Crippen LogP contribution in [0.5, 0.6) is 0 Å². The summed E-state index contributed by atoms with van der Waals surface area (Å²) in [6.07, 6.45) is 0. The van der Waals surface area contributed by atoms with Crippen LogP contribution in [0.1, 0.15) is 22.4 Å². The molecule has 0 saturated heterocycles. The van der Waals surface area contributed by atoms with Gasteiger partial charge < -0.3 is 0 Å². The molecule has 1 aromatic carbocycles. The lowest BCUT2D eigenvalue weighted by atomic mass is 10.1. The maximum atomic E-state index is 4.46. The van der Waals surface area contributed by atoms with Crippen LogP contribution < -0.4 is 0 Å². The number of aromatic nitrogens is 1. The van der Waals surface area contributed by atoms with Crippen LogP contribution >= 0.6 is 23.1 Å². The Balaban J connectivity index is 2.07. The minimum atomic E-state index is 1.01. The van der Waals surface area contributed by atoms with Crippen LogP contribution in [0.2, 0.25) is 0 Å². The third kappa shape index (κ3) is 2.86. The molecule has 0 atom stereocenters. The topological polar surface area (TPSA) is 12.9 Å². The lowest BCUT2D eigenvalue weighted by molar-refractivity contribution is 1.15. The summed E-state index contributed by atoms with van der Waals surface area (Å²) in [4.78, 5) is 4.46. The molecule has 0 unspecified atom stereocenters. The first-order valence-corrected chi connectivity index (χ1v) is 7.13. The predicted octanol–water partition coefficient (Wildman–Crippen LogP) is 4.36. The van der Waals surface area contributed by atoms with Gasteiger partial charge in [0.25, 0.3) is 0 Å². The molecule has 0 saturated carbocycles. The second-order valence-electron chi connectivity index (χ2n) is 3.97. The van der Waals surface area contributed by atoms with Crippen molar-refractivity contribution in [3.8, 4) is 0 Å². The van der Waals surface area contributed by atoms with Crippen LogP contribution in [0.4, 0.5) is 0 Å². The highest BCUT2D eigenvalue weighted by Gasteiger charge is 2.03. The molecule has 84 valence electrons. The Bertz CT molecular complexity index is 488. The van der Waals surface area contributed by atoms with Gasteiger partial charge in [-0.05, 0) is 31.9 Å². The van der Waals surface area contributed by atoms with E-state index in [-0.39, 0.29) is 0 Å². The van der Waals surface area contributed by atoms with Crippen molar-refractivity contribution < 1.29 is 0 Å². The number of nitrogens with zero attached hydrogens (tertiary/aromatic N) is 1. The van der Waals surface area contributed by atoms with Crippen molar-refractivity contribution in [2.24, 2.45) is 0 Å². The molecule has 0 radical (unpaired) electrons. The summed E-state index contributed by atoms with van der Waals surface area (Å²) in [5, 5.41) is 2.10. The molecule has 0 amide bonds. The van der Waals surface area contributed by atoms with Crippen molar-refractivity contribution >= 4 is 23.1 Å². The Hall–Kier alpha value is -0.800. The van der Waals surface area contributed by atoms with E-state index >= 15 is 0 Å². The van der Waals surface area contributed by atoms with Gasteiger partial charge in [0.15, 0.2) is 0 Å². The van der Waals surface area contributed by atoms with E-state index in [0.717, 1.165) is 11.4 Å². The highest BCUT2D eigenvalue weighted by Crippen LogP contribution is 2.27. The van der Waals surface area contributed by atoms with Gasteiger partial charge in [-0.3, -0.25) is 0 Å². The van der Waals surface area contributed by atoms with Crippen LogP contribution in [0.15, 0.2) is 27.9 Å². The Morgan fingerprint density at radius 1 is 1.25 bits per heavy atom. The predicted molar refractivity (Wildman–Crippen MR) is 72.3 cm³/mol. The van der Waals surface area contributed by atoms with E-state index in [2.05, 4.69) is 42.4 Å². The summed E-state index contributed by atoms with van der Waals surface area (Å²) in [6, 6.07) is 6.62. The molecule has 2 rings (SSSR count). The summed E-state index contributed by atoms with van der Waals surface area (Å²) in [7, 11) is 0. The van der Waals surface area contributed by atoms with Crippen LogP contribution in [-0.2, 0) is 5.75 Å². The van der Waals surface area contributed by atoms with Gasteiger partial charge in [-0.15, -0.1) is 11.3 Å². The van der Waals surface area contributed by atoms with Crippen LogP contribution in [0.3, 0.4) is 0 Å². The third-order valence-electron chi connectivity index (χ3n) is 2.45. The third-order valence-corrected chi connectivity index (χ3v) is 4.64. The first kappa shape index (κ1) is 11.7. The second-order valence-corrected chi connectivity index (χ2v) is 6.05. The van der Waals surface area contributed by atoms with Crippen molar-refractivity contribution in [3.05, 3.63) is 46.0 Å². The van der Waals surface area contributed by atoms with Crippen molar-refractivity contribution in [1.82, 2.24) is 4.98 Å². The lowest BCUT2D eigenvalue weighted by Gasteiger charge is -2.05. The van der Waals surface area contributed by atoms with Crippen molar-refractivity contribution in [3.63, 3.8) is 0 Å². The minimum absolute atomic E-state index is 1.01. The number of rotatable bonds is 3. The van der Waals surface area contributed by atoms with Gasteiger partial charge in [0.05, 0.1) is 0 Å². The Morgan fingerprint density at radius 2 is 2.06 bits per heavy atom. The average Bonchev–Trinajstić information content (AvgIpc) is 2.66. The fourth-order valence-corrected chi connectivity index (χ4v) is 3.41. The monoisotopic (exact) mass is 249 g/mol. The number of thioether (sulfide) groups is 1. The molecule has 0 aliphatic rings. The van der Waals surface area contributed by atoms with Crippen LogP contribution in [0.25, 0.3) is 0 Å². The fraction of sp³-hybridized carbons (Fsp3) is 0.308. The largest absolute Gasteiger partial charge is 0.235 e. The average molecular weight is 249 g/mol. The minimum Gasteiger partial charge on any atom is -0.235 e. The molecule has 3 heteroatoms. The molecule has 2 aromatic rings. The molecule has 1 heterocycles. The normalized spacial score (nSPS) is 10.7. The number of aryl methyl sites for hydroxylation is 3.